The maximum absolute atomic E-state index is 6.05. The van der Waals surface area contributed by atoms with Crippen LogP contribution in [0.2, 0.25) is 5.02 Å². The predicted octanol–water partition coefficient (Wildman–Crippen LogP) is 4.81. The Hall–Kier alpha value is -1.88. The first-order valence-corrected chi connectivity index (χ1v) is 8.66. The molecule has 6 heteroatoms. The molecule has 2 heterocycles. The highest BCUT2D eigenvalue weighted by Gasteiger charge is 2.13. The summed E-state index contributed by atoms with van der Waals surface area (Å²) in [5.41, 5.74) is 3.29. The molecule has 3 aromatic rings. The van der Waals surface area contributed by atoms with E-state index in [0.717, 1.165) is 23.5 Å². The maximum Gasteiger partial charge on any atom is 0.181 e. The Balaban J connectivity index is 0.00000182. The van der Waals surface area contributed by atoms with Crippen LogP contribution < -0.4 is 0 Å². The summed E-state index contributed by atoms with van der Waals surface area (Å²) < 4.78 is 0. The van der Waals surface area contributed by atoms with E-state index in [2.05, 4.69) is 44.3 Å². The first-order valence-electron chi connectivity index (χ1n) is 8.28. The van der Waals surface area contributed by atoms with Crippen molar-refractivity contribution in [2.24, 2.45) is 0 Å². The largest absolute Gasteiger partial charge is 0.299 e. The predicted molar refractivity (Wildman–Crippen MR) is 104 cm³/mol. The van der Waals surface area contributed by atoms with E-state index in [0.29, 0.717) is 10.8 Å². The molecule has 25 heavy (non-hydrogen) atoms. The smallest absolute Gasteiger partial charge is 0.181 e. The summed E-state index contributed by atoms with van der Waals surface area (Å²) in [6.45, 7) is 3.40. The number of halogens is 2. The number of hydrogen-bond acceptors (Lipinski definition) is 3. The second-order valence-corrected chi connectivity index (χ2v) is 6.64. The summed E-state index contributed by atoms with van der Waals surface area (Å²) in [5.74, 6) is 1.45. The zero-order chi connectivity index (χ0) is 16.4. The fourth-order valence-corrected chi connectivity index (χ4v) is 3.35. The van der Waals surface area contributed by atoms with Crippen LogP contribution in [0.5, 0.6) is 0 Å². The number of nitrogens with zero attached hydrogens (tertiary/aromatic N) is 3. The van der Waals surface area contributed by atoms with Gasteiger partial charge in [0.1, 0.15) is 0 Å². The molecule has 2 aromatic carbocycles. The Morgan fingerprint density at radius 2 is 1.76 bits per heavy atom. The van der Waals surface area contributed by atoms with Gasteiger partial charge in [-0.25, -0.2) is 4.98 Å². The minimum absolute atomic E-state index is 0. The molecule has 0 radical (unpaired) electrons. The topological polar surface area (TPSA) is 44.8 Å². The molecule has 0 bridgehead atoms. The molecule has 1 aliphatic rings. The maximum atomic E-state index is 6.05. The van der Waals surface area contributed by atoms with Crippen molar-refractivity contribution >= 4 is 24.0 Å². The second kappa shape index (κ2) is 8.00. The third-order valence-corrected chi connectivity index (χ3v) is 4.61. The molecule has 1 saturated heterocycles. The van der Waals surface area contributed by atoms with Crippen molar-refractivity contribution in [2.45, 2.75) is 19.4 Å². The number of likely N-dealkylation sites (tertiary alicyclic amines) is 1. The second-order valence-electron chi connectivity index (χ2n) is 6.20. The lowest BCUT2D eigenvalue weighted by Crippen LogP contribution is -2.18. The molecule has 4 nitrogen and oxygen atoms in total. The summed E-state index contributed by atoms with van der Waals surface area (Å²) in [4.78, 5) is 7.12. The Morgan fingerprint density at radius 3 is 2.56 bits per heavy atom. The lowest BCUT2D eigenvalue weighted by atomic mass is 10.1. The Labute approximate surface area is 158 Å². The van der Waals surface area contributed by atoms with E-state index in [1.807, 2.05) is 24.3 Å². The van der Waals surface area contributed by atoms with Gasteiger partial charge in [-0.05, 0) is 49.7 Å². The highest BCUT2D eigenvalue weighted by atomic mass is 35.5. The molecule has 0 atom stereocenters. The minimum atomic E-state index is 0. The lowest BCUT2D eigenvalue weighted by molar-refractivity contribution is 0.331. The molecule has 1 aromatic heterocycles. The van der Waals surface area contributed by atoms with E-state index < -0.39 is 0 Å². The van der Waals surface area contributed by atoms with E-state index in [1.54, 1.807) is 0 Å². The van der Waals surface area contributed by atoms with Crippen LogP contribution in [0.1, 0.15) is 18.4 Å². The number of hydrogen-bond donors (Lipinski definition) is 1. The summed E-state index contributed by atoms with van der Waals surface area (Å²) in [7, 11) is 0. The monoisotopic (exact) mass is 374 g/mol. The minimum Gasteiger partial charge on any atom is -0.299 e. The molecule has 0 amide bonds. The number of aromatic nitrogens is 3. The van der Waals surface area contributed by atoms with Crippen molar-refractivity contribution in [2.75, 3.05) is 13.1 Å². The lowest BCUT2D eigenvalue weighted by Gasteiger charge is -2.14. The van der Waals surface area contributed by atoms with E-state index in [4.69, 9.17) is 11.6 Å². The van der Waals surface area contributed by atoms with Crippen LogP contribution in [0.3, 0.4) is 0 Å². The van der Waals surface area contributed by atoms with Crippen LogP contribution in [0.4, 0.5) is 0 Å². The zero-order valence-electron chi connectivity index (χ0n) is 13.8. The van der Waals surface area contributed by atoms with Crippen molar-refractivity contribution < 1.29 is 0 Å². The number of nitrogens with one attached hydrogen (secondary N) is 1. The standard InChI is InChI=1S/C19H19ClN4.ClH/c20-17-8-4-7-16(12-17)19-21-18(22-23-19)15-6-3-5-14(11-15)13-24-9-1-2-10-24;/h3-8,11-12H,1-2,9-10,13H2,(H,21,22,23);1H. The van der Waals surface area contributed by atoms with Crippen molar-refractivity contribution in [1.29, 1.82) is 0 Å². The van der Waals surface area contributed by atoms with Crippen LogP contribution in [-0.4, -0.2) is 33.2 Å². The van der Waals surface area contributed by atoms with Gasteiger partial charge in [-0.1, -0.05) is 41.9 Å². The van der Waals surface area contributed by atoms with Gasteiger partial charge in [-0.2, -0.15) is 5.10 Å². The summed E-state index contributed by atoms with van der Waals surface area (Å²) in [5, 5.41) is 8.08. The van der Waals surface area contributed by atoms with Crippen LogP contribution in [0.25, 0.3) is 22.8 Å². The normalized spacial score (nSPS) is 14.4. The molecule has 0 saturated carbocycles. The molecule has 0 spiro atoms. The number of aromatic amines is 1. The quantitative estimate of drug-likeness (QED) is 0.712. The van der Waals surface area contributed by atoms with Gasteiger partial charge < -0.3 is 0 Å². The molecular formula is C19H20Cl2N4. The van der Waals surface area contributed by atoms with Gasteiger partial charge >= 0.3 is 0 Å². The molecule has 4 rings (SSSR count). The van der Waals surface area contributed by atoms with E-state index in [-0.39, 0.29) is 12.4 Å². The highest BCUT2D eigenvalue weighted by molar-refractivity contribution is 6.30. The van der Waals surface area contributed by atoms with Gasteiger partial charge in [0.15, 0.2) is 11.6 Å². The number of rotatable bonds is 4. The number of H-pyrrole nitrogens is 1. The Bertz CT molecular complexity index is 841. The number of benzene rings is 2. The van der Waals surface area contributed by atoms with Crippen molar-refractivity contribution in [1.82, 2.24) is 20.1 Å². The molecule has 1 fully saturated rings. The average molecular weight is 375 g/mol. The molecule has 1 N–H and O–H groups in total. The van der Waals surface area contributed by atoms with Crippen LogP contribution in [-0.2, 0) is 6.54 Å². The van der Waals surface area contributed by atoms with E-state index in [9.17, 15) is 0 Å². The van der Waals surface area contributed by atoms with Gasteiger partial charge in [0.05, 0.1) is 0 Å². The third-order valence-electron chi connectivity index (χ3n) is 4.37. The van der Waals surface area contributed by atoms with E-state index in [1.165, 1.54) is 31.5 Å². The summed E-state index contributed by atoms with van der Waals surface area (Å²) >= 11 is 6.05. The third kappa shape index (κ3) is 4.21. The average Bonchev–Trinajstić information content (AvgIpc) is 3.27. The van der Waals surface area contributed by atoms with Crippen molar-refractivity contribution in [3.05, 3.63) is 59.1 Å². The SMILES string of the molecule is Cl.Clc1cccc(-c2nc(-c3cccc(CN4CCCC4)c3)n[nH]2)c1. The Kier molecular flexibility index (Phi) is 5.74. The van der Waals surface area contributed by atoms with Crippen LogP contribution >= 0.6 is 24.0 Å². The van der Waals surface area contributed by atoms with Gasteiger partial charge in [0.2, 0.25) is 0 Å². The molecule has 1 aliphatic heterocycles. The summed E-state index contributed by atoms with van der Waals surface area (Å²) in [6, 6.07) is 16.1. The first-order chi connectivity index (χ1) is 11.8. The molecule has 0 aliphatic carbocycles. The molecular weight excluding hydrogens is 355 g/mol. The highest BCUT2D eigenvalue weighted by Crippen LogP contribution is 2.23. The van der Waals surface area contributed by atoms with Crippen LogP contribution in [0, 0.1) is 0 Å². The first kappa shape index (κ1) is 17.9. The fourth-order valence-electron chi connectivity index (χ4n) is 3.16. The molecule has 130 valence electrons. The summed E-state index contributed by atoms with van der Waals surface area (Å²) in [6.07, 6.45) is 2.62. The van der Waals surface area contributed by atoms with Gasteiger partial charge in [-0.3, -0.25) is 10.00 Å². The van der Waals surface area contributed by atoms with Gasteiger partial charge in [-0.15, -0.1) is 12.4 Å². The van der Waals surface area contributed by atoms with E-state index >= 15 is 0 Å². The van der Waals surface area contributed by atoms with Crippen molar-refractivity contribution in [3.63, 3.8) is 0 Å². The van der Waals surface area contributed by atoms with Gasteiger partial charge in [0, 0.05) is 22.7 Å². The van der Waals surface area contributed by atoms with Gasteiger partial charge in [0.25, 0.3) is 0 Å². The zero-order valence-corrected chi connectivity index (χ0v) is 15.4. The Morgan fingerprint density at radius 1 is 1.00 bits per heavy atom. The van der Waals surface area contributed by atoms with Crippen molar-refractivity contribution in [3.8, 4) is 22.8 Å². The molecule has 0 unspecified atom stereocenters. The van der Waals surface area contributed by atoms with Crippen LogP contribution in [0.15, 0.2) is 48.5 Å². The fraction of sp³-hybridized carbons (Fsp3) is 0.263.